The Labute approximate surface area is 158 Å². The first-order valence-corrected chi connectivity index (χ1v) is 8.17. The zero-order valence-electron chi connectivity index (χ0n) is 14.1. The van der Waals surface area contributed by atoms with E-state index in [2.05, 4.69) is 20.3 Å². The lowest BCUT2D eigenvalue weighted by atomic mass is 10.1. The summed E-state index contributed by atoms with van der Waals surface area (Å²) in [5.74, 6) is 0.927. The fourth-order valence-corrected chi connectivity index (χ4v) is 2.47. The molecule has 9 heteroatoms. The maximum atomic E-state index is 12.6. The van der Waals surface area contributed by atoms with Crippen molar-refractivity contribution >= 4 is 17.4 Å². The van der Waals surface area contributed by atoms with Crippen LogP contribution in [0, 0.1) is 0 Å². The van der Waals surface area contributed by atoms with E-state index in [0.29, 0.717) is 23.8 Å². The minimum Gasteiger partial charge on any atom is -0.491 e. The fraction of sp³-hybridized carbons (Fsp3) is 0.167. The maximum absolute atomic E-state index is 12.6. The minimum absolute atomic E-state index is 0.0991. The molecule has 0 bridgehead atoms. The first-order valence-electron chi connectivity index (χ1n) is 7.80. The second-order valence-electron chi connectivity index (χ2n) is 5.54. The standard InChI is InChI=1S/C18H14ClF3N4O/c1-27-15-10-25-17(19)26-16(15)24-8-11-2-4-12(5-3-11)14-7-6-13(9-23-14)18(20,21)22/h2-7,9-10H,8H2,1H3,(H,24,25,26). The van der Waals surface area contributed by atoms with Gasteiger partial charge in [-0.2, -0.15) is 18.2 Å². The van der Waals surface area contributed by atoms with Gasteiger partial charge in [-0.1, -0.05) is 24.3 Å². The molecule has 140 valence electrons. The topological polar surface area (TPSA) is 59.9 Å². The molecule has 0 atom stereocenters. The average Bonchev–Trinajstić information content (AvgIpc) is 2.66. The zero-order valence-corrected chi connectivity index (χ0v) is 14.8. The van der Waals surface area contributed by atoms with Crippen molar-refractivity contribution in [2.75, 3.05) is 12.4 Å². The van der Waals surface area contributed by atoms with Gasteiger partial charge in [0.25, 0.3) is 0 Å². The van der Waals surface area contributed by atoms with Gasteiger partial charge in [0.15, 0.2) is 11.6 Å². The van der Waals surface area contributed by atoms with Crippen LogP contribution in [-0.2, 0) is 12.7 Å². The molecule has 2 aromatic heterocycles. The van der Waals surface area contributed by atoms with Gasteiger partial charge >= 0.3 is 6.18 Å². The summed E-state index contributed by atoms with van der Waals surface area (Å²) in [5, 5.41) is 3.20. The molecular weight excluding hydrogens is 381 g/mol. The second kappa shape index (κ2) is 7.79. The molecule has 0 saturated heterocycles. The van der Waals surface area contributed by atoms with E-state index in [-0.39, 0.29) is 5.28 Å². The Morgan fingerprint density at radius 3 is 2.37 bits per heavy atom. The van der Waals surface area contributed by atoms with Gasteiger partial charge in [-0.15, -0.1) is 0 Å². The Hall–Kier alpha value is -2.87. The number of hydrogen-bond donors (Lipinski definition) is 1. The Morgan fingerprint density at radius 1 is 1.04 bits per heavy atom. The number of ether oxygens (including phenoxy) is 1. The Morgan fingerprint density at radius 2 is 1.78 bits per heavy atom. The molecule has 0 radical (unpaired) electrons. The highest BCUT2D eigenvalue weighted by molar-refractivity contribution is 6.28. The van der Waals surface area contributed by atoms with Crippen LogP contribution in [0.1, 0.15) is 11.1 Å². The molecule has 0 unspecified atom stereocenters. The maximum Gasteiger partial charge on any atom is 0.417 e. The van der Waals surface area contributed by atoms with Crippen LogP contribution < -0.4 is 10.1 Å². The number of halogens is 4. The predicted molar refractivity (Wildman–Crippen MR) is 95.6 cm³/mol. The number of methoxy groups -OCH3 is 1. The highest BCUT2D eigenvalue weighted by Gasteiger charge is 2.30. The lowest BCUT2D eigenvalue weighted by molar-refractivity contribution is -0.137. The van der Waals surface area contributed by atoms with E-state index in [1.54, 1.807) is 12.1 Å². The van der Waals surface area contributed by atoms with Crippen LogP contribution in [-0.4, -0.2) is 22.1 Å². The largest absolute Gasteiger partial charge is 0.491 e. The van der Waals surface area contributed by atoms with Crippen LogP contribution >= 0.6 is 11.6 Å². The number of pyridine rings is 1. The summed E-state index contributed by atoms with van der Waals surface area (Å²) in [6, 6.07) is 9.63. The third-order valence-corrected chi connectivity index (χ3v) is 3.93. The summed E-state index contributed by atoms with van der Waals surface area (Å²) in [7, 11) is 1.50. The van der Waals surface area contributed by atoms with E-state index in [4.69, 9.17) is 16.3 Å². The highest BCUT2D eigenvalue weighted by atomic mass is 35.5. The summed E-state index contributed by atoms with van der Waals surface area (Å²) in [5.41, 5.74) is 1.34. The summed E-state index contributed by atoms with van der Waals surface area (Å²) >= 11 is 5.79. The van der Waals surface area contributed by atoms with E-state index in [9.17, 15) is 13.2 Å². The predicted octanol–water partition coefficient (Wildman–Crippen LogP) is 4.83. The third kappa shape index (κ3) is 4.65. The Kier molecular flexibility index (Phi) is 5.46. The van der Waals surface area contributed by atoms with Crippen LogP contribution in [0.3, 0.4) is 0 Å². The Balaban J connectivity index is 1.70. The van der Waals surface area contributed by atoms with Gasteiger partial charge in [0.05, 0.1) is 24.6 Å². The van der Waals surface area contributed by atoms with Crippen molar-refractivity contribution in [3.8, 4) is 17.0 Å². The number of benzene rings is 1. The quantitative estimate of drug-likeness (QED) is 0.628. The van der Waals surface area contributed by atoms with E-state index < -0.39 is 11.7 Å². The number of nitrogens with one attached hydrogen (secondary N) is 1. The summed E-state index contributed by atoms with van der Waals surface area (Å²) in [6.07, 6.45) is -2.10. The molecule has 0 aliphatic heterocycles. The third-order valence-electron chi connectivity index (χ3n) is 3.75. The van der Waals surface area contributed by atoms with E-state index in [0.717, 1.165) is 23.4 Å². The van der Waals surface area contributed by atoms with Crippen LogP contribution in [0.25, 0.3) is 11.3 Å². The molecule has 0 spiro atoms. The molecule has 5 nitrogen and oxygen atoms in total. The minimum atomic E-state index is -4.40. The molecule has 3 rings (SSSR count). The lowest BCUT2D eigenvalue weighted by Crippen LogP contribution is -2.05. The van der Waals surface area contributed by atoms with E-state index >= 15 is 0 Å². The average molecular weight is 395 g/mol. The van der Waals surface area contributed by atoms with Crippen molar-refractivity contribution in [1.82, 2.24) is 15.0 Å². The monoisotopic (exact) mass is 394 g/mol. The molecule has 3 aromatic rings. The summed E-state index contributed by atoms with van der Waals surface area (Å²) < 4.78 is 43.0. The normalized spacial score (nSPS) is 11.3. The fourth-order valence-electron chi connectivity index (χ4n) is 2.34. The van der Waals surface area contributed by atoms with Crippen molar-refractivity contribution in [3.05, 3.63) is 65.2 Å². The molecule has 0 fully saturated rings. The van der Waals surface area contributed by atoms with E-state index in [1.165, 1.54) is 19.4 Å². The van der Waals surface area contributed by atoms with Crippen LogP contribution in [0.4, 0.5) is 19.0 Å². The van der Waals surface area contributed by atoms with Gasteiger partial charge in [0.1, 0.15) is 0 Å². The van der Waals surface area contributed by atoms with Crippen molar-refractivity contribution in [2.45, 2.75) is 12.7 Å². The van der Waals surface area contributed by atoms with Crippen LogP contribution in [0.5, 0.6) is 5.75 Å². The molecule has 2 heterocycles. The first kappa shape index (κ1) is 18.9. The Bertz CT molecular complexity index is 915. The molecule has 27 heavy (non-hydrogen) atoms. The molecular formula is C18H14ClF3N4O. The van der Waals surface area contributed by atoms with Crippen LogP contribution in [0.15, 0.2) is 48.8 Å². The number of aromatic nitrogens is 3. The molecule has 1 aromatic carbocycles. The number of rotatable bonds is 5. The first-order chi connectivity index (χ1) is 12.9. The zero-order chi connectivity index (χ0) is 19.4. The highest BCUT2D eigenvalue weighted by Crippen LogP contribution is 2.30. The molecule has 0 amide bonds. The molecule has 0 aliphatic carbocycles. The second-order valence-corrected chi connectivity index (χ2v) is 5.87. The lowest BCUT2D eigenvalue weighted by Gasteiger charge is -2.10. The summed E-state index contributed by atoms with van der Waals surface area (Å²) in [4.78, 5) is 11.8. The van der Waals surface area contributed by atoms with Gasteiger partial charge < -0.3 is 10.1 Å². The van der Waals surface area contributed by atoms with Gasteiger partial charge in [0, 0.05) is 18.3 Å². The number of hydrogen-bond acceptors (Lipinski definition) is 5. The molecule has 0 aliphatic rings. The van der Waals surface area contributed by atoms with E-state index in [1.807, 2.05) is 12.1 Å². The van der Waals surface area contributed by atoms with Crippen molar-refractivity contribution in [2.24, 2.45) is 0 Å². The van der Waals surface area contributed by atoms with Crippen molar-refractivity contribution in [3.63, 3.8) is 0 Å². The van der Waals surface area contributed by atoms with Gasteiger partial charge in [0.2, 0.25) is 5.28 Å². The van der Waals surface area contributed by atoms with Crippen LogP contribution in [0.2, 0.25) is 5.28 Å². The number of nitrogens with zero attached hydrogens (tertiary/aromatic N) is 3. The van der Waals surface area contributed by atoms with Gasteiger partial charge in [-0.3, -0.25) is 4.98 Å². The smallest absolute Gasteiger partial charge is 0.417 e. The number of anilines is 1. The van der Waals surface area contributed by atoms with Crippen molar-refractivity contribution in [1.29, 1.82) is 0 Å². The molecule has 0 saturated carbocycles. The van der Waals surface area contributed by atoms with Crippen molar-refractivity contribution < 1.29 is 17.9 Å². The van der Waals surface area contributed by atoms with Gasteiger partial charge in [-0.05, 0) is 29.3 Å². The molecule has 1 N–H and O–H groups in total. The summed E-state index contributed by atoms with van der Waals surface area (Å²) in [6.45, 7) is 0.449. The number of alkyl halides is 3. The SMILES string of the molecule is COc1cnc(Cl)nc1NCc1ccc(-c2ccc(C(F)(F)F)cn2)cc1. The van der Waals surface area contributed by atoms with Gasteiger partial charge in [-0.25, -0.2) is 4.98 Å².